The molecule has 0 aromatic heterocycles. The number of aliphatic hydroxyl groups is 2. The van der Waals surface area contributed by atoms with Gasteiger partial charge in [-0.25, -0.2) is 4.39 Å². The van der Waals surface area contributed by atoms with Crippen molar-refractivity contribution in [3.8, 4) is 0 Å². The summed E-state index contributed by atoms with van der Waals surface area (Å²) in [6.07, 6.45) is 1.54. The predicted octanol–water partition coefficient (Wildman–Crippen LogP) is 1.19. The van der Waals surface area contributed by atoms with Gasteiger partial charge in [0.25, 0.3) is 0 Å². The van der Waals surface area contributed by atoms with Gasteiger partial charge in [0.05, 0.1) is 23.4 Å². The Morgan fingerprint density at radius 3 is 2.59 bits per heavy atom. The van der Waals surface area contributed by atoms with Crippen molar-refractivity contribution < 1.29 is 19.4 Å². The quantitative estimate of drug-likeness (QED) is 0.785. The Kier molecular flexibility index (Phi) is 3.48. The van der Waals surface area contributed by atoms with Crippen LogP contribution in [-0.4, -0.2) is 29.0 Å². The summed E-state index contributed by atoms with van der Waals surface area (Å²) in [6.45, 7) is -0.724. The van der Waals surface area contributed by atoms with E-state index in [0.717, 1.165) is 0 Å². The highest BCUT2D eigenvalue weighted by atomic mass is 79.9. The van der Waals surface area contributed by atoms with Gasteiger partial charge in [0.15, 0.2) is 5.60 Å². The van der Waals surface area contributed by atoms with Gasteiger partial charge in [-0.1, -0.05) is 6.07 Å². The maximum atomic E-state index is 13.3. The molecule has 0 spiro atoms. The van der Waals surface area contributed by atoms with Crippen molar-refractivity contribution in [1.29, 1.82) is 0 Å². The highest BCUT2D eigenvalue weighted by Crippen LogP contribution is 2.27. The second-order valence-electron chi connectivity index (χ2n) is 3.77. The van der Waals surface area contributed by atoms with Crippen LogP contribution in [0.5, 0.6) is 0 Å². The van der Waals surface area contributed by atoms with Gasteiger partial charge in [-0.15, -0.1) is 0 Å². The highest BCUT2D eigenvalue weighted by molar-refractivity contribution is 9.10. The third-order valence-electron chi connectivity index (χ3n) is 2.54. The number of halogens is 2. The molecular formula is C11H11BrFNO3. The van der Waals surface area contributed by atoms with Gasteiger partial charge in [-0.05, 0) is 34.1 Å². The molecule has 0 unspecified atom stereocenters. The Morgan fingerprint density at radius 1 is 1.35 bits per heavy atom. The van der Waals surface area contributed by atoms with Crippen LogP contribution in [0.15, 0.2) is 28.7 Å². The minimum atomic E-state index is -1.15. The molecule has 4 nitrogen and oxygen atoms in total. The molecule has 0 atom stereocenters. The van der Waals surface area contributed by atoms with Gasteiger partial charge in [0, 0.05) is 5.56 Å². The van der Waals surface area contributed by atoms with Gasteiger partial charge >= 0.3 is 0 Å². The topological polar surface area (TPSA) is 61.7 Å². The van der Waals surface area contributed by atoms with Crippen molar-refractivity contribution in [2.75, 3.05) is 13.2 Å². The fourth-order valence-electron chi connectivity index (χ4n) is 1.49. The van der Waals surface area contributed by atoms with Crippen LogP contribution in [0, 0.1) is 5.82 Å². The van der Waals surface area contributed by atoms with Crippen LogP contribution < -0.4 is 5.48 Å². The van der Waals surface area contributed by atoms with Gasteiger partial charge in [-0.2, -0.15) is 0 Å². The lowest BCUT2D eigenvalue weighted by Crippen LogP contribution is -2.37. The smallest absolute Gasteiger partial charge is 0.162 e. The van der Waals surface area contributed by atoms with E-state index >= 15 is 0 Å². The summed E-state index contributed by atoms with van der Waals surface area (Å²) < 4.78 is 13.7. The Morgan fingerprint density at radius 2 is 2.06 bits per heavy atom. The molecule has 1 heterocycles. The third kappa shape index (κ3) is 2.35. The molecule has 0 aliphatic carbocycles. The van der Waals surface area contributed by atoms with E-state index in [1.54, 1.807) is 12.1 Å². The van der Waals surface area contributed by atoms with Crippen molar-refractivity contribution in [2.45, 2.75) is 5.60 Å². The van der Waals surface area contributed by atoms with E-state index in [1.165, 1.54) is 12.1 Å². The van der Waals surface area contributed by atoms with Gasteiger partial charge in [0.2, 0.25) is 0 Å². The zero-order valence-corrected chi connectivity index (χ0v) is 10.4. The molecule has 0 amide bonds. The van der Waals surface area contributed by atoms with Crippen LogP contribution in [-0.2, 0) is 4.84 Å². The summed E-state index contributed by atoms with van der Waals surface area (Å²) in [4.78, 5) is 5.10. The summed E-state index contributed by atoms with van der Waals surface area (Å²) in [7, 11) is 0. The van der Waals surface area contributed by atoms with Crippen molar-refractivity contribution in [1.82, 2.24) is 5.48 Å². The van der Waals surface area contributed by atoms with Crippen LogP contribution in [0.3, 0.4) is 0 Å². The molecule has 0 radical (unpaired) electrons. The minimum absolute atomic E-state index is 0.362. The van der Waals surface area contributed by atoms with Crippen LogP contribution >= 0.6 is 15.9 Å². The van der Waals surface area contributed by atoms with Crippen LogP contribution in [0.1, 0.15) is 5.56 Å². The number of hydrogen-bond donors (Lipinski definition) is 3. The molecule has 1 aliphatic heterocycles. The lowest BCUT2D eigenvalue weighted by atomic mass is 10.0. The lowest BCUT2D eigenvalue weighted by molar-refractivity contribution is -0.0922. The molecule has 0 saturated heterocycles. The standard InChI is InChI=1S/C11H11BrFNO3/c12-8-2-1-7(3-9(8)13)10-4-11(5-15,6-16)17-14-10/h1-4,14-16H,5-6H2. The molecule has 6 heteroatoms. The van der Waals surface area contributed by atoms with E-state index in [-0.39, 0.29) is 13.2 Å². The minimum Gasteiger partial charge on any atom is -0.393 e. The number of hydrogen-bond acceptors (Lipinski definition) is 4. The first-order valence-electron chi connectivity index (χ1n) is 4.94. The summed E-state index contributed by atoms with van der Waals surface area (Å²) in [5.74, 6) is -0.393. The van der Waals surface area contributed by atoms with Gasteiger partial charge in [-0.3, -0.25) is 10.3 Å². The molecule has 92 valence electrons. The molecule has 0 saturated carbocycles. The van der Waals surface area contributed by atoms with Crippen molar-refractivity contribution in [2.24, 2.45) is 0 Å². The van der Waals surface area contributed by atoms with Crippen molar-refractivity contribution >= 4 is 21.6 Å². The number of aliphatic hydroxyl groups excluding tert-OH is 2. The normalized spacial score (nSPS) is 17.8. The van der Waals surface area contributed by atoms with Crippen LogP contribution in [0.2, 0.25) is 0 Å². The first kappa shape index (κ1) is 12.5. The van der Waals surface area contributed by atoms with Gasteiger partial charge < -0.3 is 10.2 Å². The summed E-state index contributed by atoms with van der Waals surface area (Å²) in [6, 6.07) is 4.60. The van der Waals surface area contributed by atoms with E-state index in [9.17, 15) is 4.39 Å². The largest absolute Gasteiger partial charge is 0.393 e. The number of rotatable bonds is 3. The first-order chi connectivity index (χ1) is 8.10. The van der Waals surface area contributed by atoms with Crippen molar-refractivity contribution in [3.05, 3.63) is 40.1 Å². The molecule has 0 fully saturated rings. The number of hydroxylamine groups is 1. The summed E-state index contributed by atoms with van der Waals surface area (Å²) in [5.41, 5.74) is 2.51. The van der Waals surface area contributed by atoms with E-state index in [0.29, 0.717) is 15.7 Å². The molecule has 2 rings (SSSR count). The zero-order chi connectivity index (χ0) is 12.5. The number of benzene rings is 1. The first-order valence-corrected chi connectivity index (χ1v) is 5.73. The fraction of sp³-hybridized carbons (Fsp3) is 0.273. The van der Waals surface area contributed by atoms with Crippen LogP contribution in [0.4, 0.5) is 4.39 Å². The molecule has 1 aromatic rings. The molecular weight excluding hydrogens is 293 g/mol. The monoisotopic (exact) mass is 303 g/mol. The Labute approximate surface area is 106 Å². The maximum Gasteiger partial charge on any atom is 0.162 e. The Bertz CT molecular complexity index is 460. The van der Waals surface area contributed by atoms with E-state index < -0.39 is 11.4 Å². The summed E-state index contributed by atoms with van der Waals surface area (Å²) >= 11 is 3.06. The molecule has 1 aliphatic rings. The molecule has 1 aromatic carbocycles. The van der Waals surface area contributed by atoms with Gasteiger partial charge in [0.1, 0.15) is 5.82 Å². The molecule has 0 bridgehead atoms. The second kappa shape index (κ2) is 4.73. The van der Waals surface area contributed by atoms with E-state index in [2.05, 4.69) is 21.4 Å². The Balaban J connectivity index is 2.32. The number of nitrogens with one attached hydrogen (secondary N) is 1. The van der Waals surface area contributed by atoms with Crippen molar-refractivity contribution in [3.63, 3.8) is 0 Å². The summed E-state index contributed by atoms with van der Waals surface area (Å²) in [5, 5.41) is 18.3. The second-order valence-corrected chi connectivity index (χ2v) is 4.63. The molecule has 3 N–H and O–H groups in total. The third-order valence-corrected chi connectivity index (χ3v) is 3.18. The zero-order valence-electron chi connectivity index (χ0n) is 8.78. The lowest BCUT2D eigenvalue weighted by Gasteiger charge is -2.18. The maximum absolute atomic E-state index is 13.3. The average molecular weight is 304 g/mol. The molecule has 17 heavy (non-hydrogen) atoms. The van der Waals surface area contributed by atoms with Crippen LogP contribution in [0.25, 0.3) is 5.70 Å². The Hall–Kier alpha value is -0.950. The highest BCUT2D eigenvalue weighted by Gasteiger charge is 2.34. The average Bonchev–Trinajstić information content (AvgIpc) is 2.78. The van der Waals surface area contributed by atoms with E-state index in [4.69, 9.17) is 15.1 Å². The SMILES string of the molecule is OCC1(CO)C=C(c2ccc(Br)c(F)c2)NO1. The predicted molar refractivity (Wildman–Crippen MR) is 63.2 cm³/mol. The fourth-order valence-corrected chi connectivity index (χ4v) is 1.74. The van der Waals surface area contributed by atoms with E-state index in [1.807, 2.05) is 0 Å².